The van der Waals surface area contributed by atoms with Crippen molar-refractivity contribution in [3.63, 3.8) is 0 Å². The molecule has 5 heteroatoms. The van der Waals surface area contributed by atoms with Gasteiger partial charge in [0.2, 0.25) is 0 Å². The number of rotatable bonds is 7. The Hall–Kier alpha value is -6.35. The number of benzene rings is 7. The van der Waals surface area contributed by atoms with Gasteiger partial charge in [-0.15, -0.1) is 23.8 Å². The third-order valence-electron chi connectivity index (χ3n) is 13.6. The van der Waals surface area contributed by atoms with Gasteiger partial charge in [0.15, 0.2) is 0 Å². The van der Waals surface area contributed by atoms with Gasteiger partial charge in [0.05, 0.1) is 22.3 Å². The summed E-state index contributed by atoms with van der Waals surface area (Å²) in [5.74, 6) is 0.924. The first kappa shape index (κ1) is 52.5. The third kappa shape index (κ3) is 10.7. The quantitative estimate of drug-likeness (QED) is 0.162. The number of aromatic nitrogens is 3. The maximum absolute atomic E-state index is 12.7. The van der Waals surface area contributed by atoms with Crippen LogP contribution in [0.3, 0.4) is 0 Å². The molecule has 9 rings (SSSR count). The molecule has 0 amide bonds. The minimum Gasteiger partial charge on any atom is -0.507 e. The Kier molecular flexibility index (Phi) is 14.5. The first-order valence-electron chi connectivity index (χ1n) is 24.4. The van der Waals surface area contributed by atoms with Crippen LogP contribution in [0, 0.1) is 20.4 Å². The predicted molar refractivity (Wildman–Crippen MR) is 298 cm³/mol. The van der Waals surface area contributed by atoms with Gasteiger partial charge in [-0.2, -0.15) is 0 Å². The molecule has 0 unspecified atom stereocenters. The minimum atomic E-state index is -0.345. The van der Waals surface area contributed by atoms with Crippen molar-refractivity contribution in [3.05, 3.63) is 199 Å². The fraction of sp³-hybridized carbons (Fsp3) is 0.258. The van der Waals surface area contributed by atoms with Crippen molar-refractivity contribution < 1.29 is 26.2 Å². The van der Waals surface area contributed by atoms with E-state index in [0.717, 1.165) is 83.6 Å². The van der Waals surface area contributed by atoms with Crippen LogP contribution >= 0.6 is 0 Å². The van der Waals surface area contributed by atoms with Crippen molar-refractivity contribution in [2.45, 2.75) is 112 Å². The average molecular weight is 1120 g/mol. The van der Waals surface area contributed by atoms with Crippen molar-refractivity contribution in [1.29, 1.82) is 0 Å². The van der Waals surface area contributed by atoms with Crippen LogP contribution in [0.4, 0.5) is 0 Å². The molecular weight excluding hydrogens is 1050 g/mol. The Morgan fingerprint density at radius 3 is 1.72 bits per heavy atom. The Morgan fingerprint density at radius 2 is 1.08 bits per heavy atom. The molecule has 0 spiro atoms. The van der Waals surface area contributed by atoms with E-state index in [1.54, 1.807) is 0 Å². The van der Waals surface area contributed by atoms with Crippen molar-refractivity contribution >= 4 is 11.0 Å². The third-order valence-corrected chi connectivity index (χ3v) is 13.6. The zero-order chi connectivity index (χ0) is 49.2. The van der Waals surface area contributed by atoms with E-state index >= 15 is 0 Å². The zero-order valence-corrected chi connectivity index (χ0v) is 46.4. The van der Waals surface area contributed by atoms with Crippen LogP contribution < -0.4 is 0 Å². The fourth-order valence-corrected chi connectivity index (χ4v) is 9.28. The second kappa shape index (κ2) is 19.7. The van der Waals surface area contributed by atoms with Crippen molar-refractivity contribution in [2.75, 3.05) is 0 Å². The summed E-state index contributed by atoms with van der Waals surface area (Å²) in [5, 5.41) is 12.7. The Bertz CT molecular complexity index is 3350. The van der Waals surface area contributed by atoms with E-state index in [1.807, 2.05) is 6.20 Å². The van der Waals surface area contributed by atoms with Gasteiger partial charge in [-0.3, -0.25) is 9.55 Å². The largest absolute Gasteiger partial charge is 2.00 e. The van der Waals surface area contributed by atoms with Gasteiger partial charge in [-0.1, -0.05) is 221 Å². The van der Waals surface area contributed by atoms with Crippen molar-refractivity contribution in [2.24, 2.45) is 0 Å². The fourth-order valence-electron chi connectivity index (χ4n) is 9.28. The summed E-state index contributed by atoms with van der Waals surface area (Å²) < 4.78 is 2.31. The summed E-state index contributed by atoms with van der Waals surface area (Å²) in [6.07, 6.45) is 1.89. The number of phenols is 1. The first-order valence-corrected chi connectivity index (χ1v) is 24.4. The molecule has 0 fully saturated rings. The number of aromatic hydroxyl groups is 1. The molecule has 2 aromatic heterocycles. The SMILES string of the molecule is Cc1ccc(-c2ccnc(-c3[c-]c(-c4cccc5c4nc(-c4cc(C(C)(C)C)cc(C(C)(C)C)c4O)n5-c4cc(C(C)(C)C)ccc4-c4ccc(C(C)(C)C)cc4)cc(-c4ccccc4)c3)c2)cc1.[CH3-].[Pt+2]. The zero-order valence-electron chi connectivity index (χ0n) is 44.1. The van der Waals surface area contributed by atoms with Crippen LogP contribution in [0.25, 0.3) is 83.9 Å². The molecule has 1 N–H and O–H groups in total. The molecule has 0 aliphatic rings. The van der Waals surface area contributed by atoms with Crippen LogP contribution in [-0.4, -0.2) is 19.6 Å². The number of hydrogen-bond donors (Lipinski definition) is 1. The molecule has 0 aliphatic carbocycles. The predicted octanol–water partition coefficient (Wildman–Crippen LogP) is 17.9. The van der Waals surface area contributed by atoms with Crippen LogP contribution in [0.15, 0.2) is 158 Å². The topological polar surface area (TPSA) is 50.9 Å². The van der Waals surface area contributed by atoms with E-state index in [1.165, 1.54) is 16.7 Å². The molecule has 2 heterocycles. The summed E-state index contributed by atoms with van der Waals surface area (Å²) >= 11 is 0. The van der Waals surface area contributed by atoms with Crippen molar-refractivity contribution in [1.82, 2.24) is 14.5 Å². The number of fused-ring (bicyclic) bond motifs is 1. The van der Waals surface area contributed by atoms with Crippen LogP contribution in [0.1, 0.15) is 111 Å². The number of phenolic OH excluding ortho intramolecular Hbond substituents is 1. The summed E-state index contributed by atoms with van der Waals surface area (Å²) in [7, 11) is 0. The number of nitrogens with zero attached hydrogens (tertiary/aromatic N) is 3. The van der Waals surface area contributed by atoms with Gasteiger partial charge < -0.3 is 12.5 Å². The van der Waals surface area contributed by atoms with Gasteiger partial charge in [0.25, 0.3) is 0 Å². The molecule has 9 aromatic rings. The normalized spacial score (nSPS) is 12.1. The van der Waals surface area contributed by atoms with Gasteiger partial charge in [-0.05, 0) is 91.8 Å². The van der Waals surface area contributed by atoms with Gasteiger partial charge in [0, 0.05) is 23.0 Å². The van der Waals surface area contributed by atoms with E-state index in [0.29, 0.717) is 11.4 Å². The molecule has 7 aromatic carbocycles. The molecule has 0 saturated heterocycles. The molecular formula is C66H69N3OPt. The average Bonchev–Trinajstić information content (AvgIpc) is 3.70. The number of para-hydroxylation sites is 1. The molecule has 0 radical (unpaired) electrons. The standard InChI is InChI=1S/C65H66N3O.CH3.Pt/c1-41-22-24-43(25-23-41)45-32-33-66-56(37-45)48-35-46(42-18-15-14-16-19-42)34-47(36-48)53-20-17-21-57-59(53)67-61(54-38-51(64(8,9)10)39-55(60(54)69)65(11,12)13)68(57)58-40-50(63(5,6)7)30-31-52(58)44-26-28-49(29-27-44)62(2,3)4;;/h14-35,37-40,69H,1-13H3;1H3;/q2*-1;+2. The van der Waals surface area contributed by atoms with Crippen LogP contribution in [0.2, 0.25) is 0 Å². The van der Waals surface area contributed by atoms with E-state index < -0.39 is 0 Å². The number of imidazole rings is 1. The number of aryl methyl sites for hydroxylation is 1. The Labute approximate surface area is 438 Å². The molecule has 0 atom stereocenters. The molecule has 0 saturated carbocycles. The smallest absolute Gasteiger partial charge is 0.507 e. The number of hydrogen-bond acceptors (Lipinski definition) is 3. The second-order valence-electron chi connectivity index (χ2n) is 23.0. The summed E-state index contributed by atoms with van der Waals surface area (Å²) in [4.78, 5) is 10.7. The van der Waals surface area contributed by atoms with Gasteiger partial charge in [-0.25, -0.2) is 4.98 Å². The summed E-state index contributed by atoms with van der Waals surface area (Å²) in [6.45, 7) is 28.9. The van der Waals surface area contributed by atoms with Gasteiger partial charge >= 0.3 is 21.1 Å². The minimum absolute atomic E-state index is 0. The Morgan fingerprint density at radius 1 is 0.479 bits per heavy atom. The monoisotopic (exact) mass is 1110 g/mol. The van der Waals surface area contributed by atoms with E-state index in [2.05, 4.69) is 252 Å². The molecule has 71 heavy (non-hydrogen) atoms. The second-order valence-corrected chi connectivity index (χ2v) is 23.0. The van der Waals surface area contributed by atoms with Gasteiger partial charge in [0.1, 0.15) is 11.6 Å². The molecule has 0 bridgehead atoms. The maximum Gasteiger partial charge on any atom is 2.00 e. The first-order chi connectivity index (χ1) is 32.5. The van der Waals surface area contributed by atoms with E-state index in [9.17, 15) is 5.11 Å². The number of pyridine rings is 1. The summed E-state index contributed by atoms with van der Waals surface area (Å²) in [5.41, 5.74) is 18.6. The molecule has 4 nitrogen and oxygen atoms in total. The Balaban J connectivity index is 0.00000371. The molecule has 364 valence electrons. The maximum atomic E-state index is 12.7. The molecule has 0 aliphatic heterocycles. The van der Waals surface area contributed by atoms with E-state index in [4.69, 9.17) is 9.97 Å². The van der Waals surface area contributed by atoms with E-state index in [-0.39, 0.29) is 55.9 Å². The summed E-state index contributed by atoms with van der Waals surface area (Å²) in [6, 6.07) is 58.4. The van der Waals surface area contributed by atoms with Crippen LogP contribution in [0.5, 0.6) is 5.75 Å². The van der Waals surface area contributed by atoms with Crippen LogP contribution in [-0.2, 0) is 42.7 Å². The van der Waals surface area contributed by atoms with Crippen molar-refractivity contribution in [3.8, 4) is 78.6 Å².